The van der Waals surface area contributed by atoms with Crippen molar-refractivity contribution in [2.24, 2.45) is 5.73 Å². The molecular formula is C10H14BrNO. The Balaban J connectivity index is 2.56. The zero-order valence-electron chi connectivity index (χ0n) is 7.46. The summed E-state index contributed by atoms with van der Waals surface area (Å²) in [6.45, 7) is 0.720. The minimum absolute atomic E-state index is 0.367. The predicted octanol–water partition coefficient (Wildman–Crippen LogP) is 2.44. The van der Waals surface area contributed by atoms with Crippen LogP contribution in [0.4, 0.5) is 0 Å². The number of benzene rings is 1. The van der Waals surface area contributed by atoms with E-state index in [1.54, 1.807) is 6.07 Å². The Morgan fingerprint density at radius 1 is 1.31 bits per heavy atom. The molecule has 13 heavy (non-hydrogen) atoms. The van der Waals surface area contributed by atoms with E-state index >= 15 is 0 Å². The van der Waals surface area contributed by atoms with Gasteiger partial charge in [0.1, 0.15) is 5.75 Å². The molecule has 0 aliphatic rings. The average molecular weight is 244 g/mol. The van der Waals surface area contributed by atoms with Crippen LogP contribution in [0.3, 0.4) is 0 Å². The molecule has 1 rings (SSSR count). The van der Waals surface area contributed by atoms with Crippen molar-refractivity contribution in [2.75, 3.05) is 6.54 Å². The van der Waals surface area contributed by atoms with Gasteiger partial charge in [-0.2, -0.15) is 0 Å². The van der Waals surface area contributed by atoms with Gasteiger partial charge < -0.3 is 10.8 Å². The molecule has 0 spiro atoms. The number of rotatable bonds is 4. The number of aryl methyl sites for hydroxylation is 1. The fourth-order valence-electron chi connectivity index (χ4n) is 1.21. The molecule has 2 nitrogen and oxygen atoms in total. The SMILES string of the molecule is NCCCCc1ccc(Br)cc1O. The highest BCUT2D eigenvalue weighted by atomic mass is 79.9. The molecule has 3 N–H and O–H groups in total. The third-order valence-corrected chi connectivity index (χ3v) is 2.44. The molecule has 0 aliphatic carbocycles. The lowest BCUT2D eigenvalue weighted by atomic mass is 10.1. The molecule has 0 aliphatic heterocycles. The Hall–Kier alpha value is -0.540. The molecule has 0 unspecified atom stereocenters. The van der Waals surface area contributed by atoms with Crippen molar-refractivity contribution in [1.29, 1.82) is 0 Å². The summed E-state index contributed by atoms with van der Waals surface area (Å²) in [5.41, 5.74) is 6.38. The van der Waals surface area contributed by atoms with Crippen LogP contribution in [-0.2, 0) is 6.42 Å². The fraction of sp³-hybridized carbons (Fsp3) is 0.400. The van der Waals surface area contributed by atoms with E-state index in [1.807, 2.05) is 12.1 Å². The smallest absolute Gasteiger partial charge is 0.119 e. The summed E-state index contributed by atoms with van der Waals surface area (Å²) in [5, 5.41) is 9.53. The molecule has 0 atom stereocenters. The molecule has 0 amide bonds. The van der Waals surface area contributed by atoms with Gasteiger partial charge in [0, 0.05) is 4.47 Å². The Morgan fingerprint density at radius 3 is 2.69 bits per heavy atom. The van der Waals surface area contributed by atoms with Crippen molar-refractivity contribution in [3.63, 3.8) is 0 Å². The van der Waals surface area contributed by atoms with Crippen LogP contribution in [-0.4, -0.2) is 11.7 Å². The quantitative estimate of drug-likeness (QED) is 0.799. The first-order valence-electron chi connectivity index (χ1n) is 4.41. The van der Waals surface area contributed by atoms with Crippen LogP contribution in [0, 0.1) is 0 Å². The molecule has 1 aromatic rings. The molecule has 0 fully saturated rings. The van der Waals surface area contributed by atoms with E-state index in [4.69, 9.17) is 5.73 Å². The predicted molar refractivity (Wildman–Crippen MR) is 57.8 cm³/mol. The lowest BCUT2D eigenvalue weighted by Gasteiger charge is -2.03. The van der Waals surface area contributed by atoms with Gasteiger partial charge in [-0.1, -0.05) is 22.0 Å². The monoisotopic (exact) mass is 243 g/mol. The molecule has 0 saturated carbocycles. The number of unbranched alkanes of at least 4 members (excludes halogenated alkanes) is 1. The highest BCUT2D eigenvalue weighted by Gasteiger charge is 2.00. The van der Waals surface area contributed by atoms with E-state index in [-0.39, 0.29) is 0 Å². The Kier molecular flexibility index (Phi) is 4.25. The zero-order chi connectivity index (χ0) is 9.68. The summed E-state index contributed by atoms with van der Waals surface area (Å²) in [6.07, 6.45) is 2.94. The van der Waals surface area contributed by atoms with Crippen molar-refractivity contribution in [3.05, 3.63) is 28.2 Å². The number of hydrogen-bond donors (Lipinski definition) is 2. The van der Waals surface area contributed by atoms with Crippen LogP contribution < -0.4 is 5.73 Å². The number of phenolic OH excluding ortho intramolecular Hbond substituents is 1. The molecule has 0 radical (unpaired) electrons. The second-order valence-electron chi connectivity index (χ2n) is 3.02. The largest absolute Gasteiger partial charge is 0.508 e. The number of halogens is 1. The van der Waals surface area contributed by atoms with Crippen molar-refractivity contribution >= 4 is 15.9 Å². The van der Waals surface area contributed by atoms with Gasteiger partial charge in [0.25, 0.3) is 0 Å². The minimum Gasteiger partial charge on any atom is -0.508 e. The maximum Gasteiger partial charge on any atom is 0.119 e. The zero-order valence-corrected chi connectivity index (χ0v) is 9.05. The number of nitrogens with two attached hydrogens (primary N) is 1. The second kappa shape index (κ2) is 5.25. The van der Waals surface area contributed by atoms with Crippen LogP contribution >= 0.6 is 15.9 Å². The molecule has 72 valence electrons. The van der Waals surface area contributed by atoms with E-state index in [1.165, 1.54) is 0 Å². The van der Waals surface area contributed by atoms with Crippen LogP contribution in [0.1, 0.15) is 18.4 Å². The summed E-state index contributed by atoms with van der Waals surface area (Å²) in [7, 11) is 0. The van der Waals surface area contributed by atoms with E-state index < -0.39 is 0 Å². The number of hydrogen-bond acceptors (Lipinski definition) is 2. The first-order chi connectivity index (χ1) is 6.24. The third-order valence-electron chi connectivity index (χ3n) is 1.95. The molecule has 1 aromatic carbocycles. The summed E-state index contributed by atoms with van der Waals surface area (Å²) in [5.74, 6) is 0.367. The summed E-state index contributed by atoms with van der Waals surface area (Å²) in [4.78, 5) is 0. The molecule has 0 heterocycles. The Morgan fingerprint density at radius 2 is 2.08 bits per heavy atom. The van der Waals surface area contributed by atoms with Gasteiger partial charge in [-0.15, -0.1) is 0 Å². The standard InChI is InChI=1S/C10H14BrNO/c11-9-5-4-8(10(13)7-9)3-1-2-6-12/h4-5,7,13H,1-3,6,12H2. The van der Waals surface area contributed by atoms with Gasteiger partial charge in [-0.25, -0.2) is 0 Å². The Labute approximate surface area is 86.9 Å². The Bertz CT molecular complexity index is 276. The lowest BCUT2D eigenvalue weighted by Crippen LogP contribution is -1.99. The van der Waals surface area contributed by atoms with E-state index in [0.29, 0.717) is 5.75 Å². The molecular weight excluding hydrogens is 230 g/mol. The van der Waals surface area contributed by atoms with Crippen LogP contribution in [0.25, 0.3) is 0 Å². The molecule has 3 heteroatoms. The average Bonchev–Trinajstić information content (AvgIpc) is 2.09. The third kappa shape index (κ3) is 3.36. The lowest BCUT2D eigenvalue weighted by molar-refractivity contribution is 0.466. The van der Waals surface area contributed by atoms with E-state index in [2.05, 4.69) is 15.9 Å². The first kappa shape index (κ1) is 10.5. The maximum atomic E-state index is 9.53. The number of phenols is 1. The van der Waals surface area contributed by atoms with Crippen LogP contribution in [0.2, 0.25) is 0 Å². The second-order valence-corrected chi connectivity index (χ2v) is 3.93. The maximum absolute atomic E-state index is 9.53. The van der Waals surface area contributed by atoms with E-state index in [9.17, 15) is 5.11 Å². The van der Waals surface area contributed by atoms with Crippen LogP contribution in [0.5, 0.6) is 5.75 Å². The highest BCUT2D eigenvalue weighted by Crippen LogP contribution is 2.23. The van der Waals surface area contributed by atoms with Gasteiger partial charge in [-0.3, -0.25) is 0 Å². The van der Waals surface area contributed by atoms with Crippen LogP contribution in [0.15, 0.2) is 22.7 Å². The van der Waals surface area contributed by atoms with Crippen molar-refractivity contribution in [1.82, 2.24) is 0 Å². The normalized spacial score (nSPS) is 10.3. The van der Waals surface area contributed by atoms with Gasteiger partial charge in [0.05, 0.1) is 0 Å². The van der Waals surface area contributed by atoms with E-state index in [0.717, 1.165) is 35.8 Å². The minimum atomic E-state index is 0.367. The van der Waals surface area contributed by atoms with Crippen molar-refractivity contribution < 1.29 is 5.11 Å². The summed E-state index contributed by atoms with van der Waals surface area (Å²) in [6, 6.07) is 5.60. The van der Waals surface area contributed by atoms with Gasteiger partial charge in [0.2, 0.25) is 0 Å². The van der Waals surface area contributed by atoms with Gasteiger partial charge in [0.15, 0.2) is 0 Å². The fourth-order valence-corrected chi connectivity index (χ4v) is 1.56. The molecule has 0 aromatic heterocycles. The van der Waals surface area contributed by atoms with Gasteiger partial charge >= 0.3 is 0 Å². The summed E-state index contributed by atoms with van der Waals surface area (Å²) >= 11 is 3.30. The highest BCUT2D eigenvalue weighted by molar-refractivity contribution is 9.10. The van der Waals surface area contributed by atoms with Gasteiger partial charge in [-0.05, 0) is 43.5 Å². The molecule has 0 bridgehead atoms. The topological polar surface area (TPSA) is 46.2 Å². The first-order valence-corrected chi connectivity index (χ1v) is 5.21. The van der Waals surface area contributed by atoms with Crippen molar-refractivity contribution in [2.45, 2.75) is 19.3 Å². The number of aromatic hydroxyl groups is 1. The van der Waals surface area contributed by atoms with Crippen molar-refractivity contribution in [3.8, 4) is 5.75 Å². The summed E-state index contributed by atoms with van der Waals surface area (Å²) < 4.78 is 0.910. The molecule has 0 saturated heterocycles.